The summed E-state index contributed by atoms with van der Waals surface area (Å²) >= 11 is 0. The maximum absolute atomic E-state index is 5.82. The zero-order valence-corrected chi connectivity index (χ0v) is 8.88. The SMILES string of the molecule is Cc1cc2oc1CCC/C=C\CCC2. The molecule has 1 nitrogen and oxygen atoms in total. The van der Waals surface area contributed by atoms with Gasteiger partial charge in [0.2, 0.25) is 0 Å². The molecule has 76 valence electrons. The van der Waals surface area contributed by atoms with Crippen molar-refractivity contribution in [3.63, 3.8) is 0 Å². The van der Waals surface area contributed by atoms with E-state index in [0.29, 0.717) is 0 Å². The van der Waals surface area contributed by atoms with Crippen LogP contribution in [0.1, 0.15) is 42.8 Å². The molecule has 0 atom stereocenters. The zero-order valence-electron chi connectivity index (χ0n) is 8.88. The quantitative estimate of drug-likeness (QED) is 0.567. The van der Waals surface area contributed by atoms with Crippen LogP contribution in [-0.2, 0) is 12.8 Å². The van der Waals surface area contributed by atoms with Gasteiger partial charge in [0.15, 0.2) is 0 Å². The molecule has 2 rings (SSSR count). The monoisotopic (exact) mass is 190 g/mol. The summed E-state index contributed by atoms with van der Waals surface area (Å²) in [6, 6.07) is 2.21. The number of hydrogen-bond acceptors (Lipinski definition) is 1. The Morgan fingerprint density at radius 2 is 1.79 bits per heavy atom. The molecule has 0 spiro atoms. The molecule has 1 aromatic heterocycles. The summed E-state index contributed by atoms with van der Waals surface area (Å²) in [5.74, 6) is 2.38. The fourth-order valence-electron chi connectivity index (χ4n) is 1.97. The molecule has 0 unspecified atom stereocenters. The van der Waals surface area contributed by atoms with Gasteiger partial charge in [0, 0.05) is 12.8 Å². The summed E-state index contributed by atoms with van der Waals surface area (Å²) in [6.07, 6.45) is 11.6. The van der Waals surface area contributed by atoms with Crippen molar-refractivity contribution < 1.29 is 4.42 Å². The van der Waals surface area contributed by atoms with E-state index in [1.54, 1.807) is 0 Å². The number of hydrogen-bond donors (Lipinski definition) is 0. The van der Waals surface area contributed by atoms with Gasteiger partial charge in [0.05, 0.1) is 0 Å². The van der Waals surface area contributed by atoms with Crippen LogP contribution in [-0.4, -0.2) is 0 Å². The normalized spacial score (nSPS) is 20.1. The number of fused-ring (bicyclic) bond motifs is 2. The van der Waals surface area contributed by atoms with Crippen molar-refractivity contribution in [2.75, 3.05) is 0 Å². The van der Waals surface area contributed by atoms with Gasteiger partial charge in [-0.3, -0.25) is 0 Å². The largest absolute Gasteiger partial charge is 0.466 e. The molecule has 0 fully saturated rings. The summed E-state index contributed by atoms with van der Waals surface area (Å²) in [5, 5.41) is 0. The van der Waals surface area contributed by atoms with E-state index in [2.05, 4.69) is 25.1 Å². The van der Waals surface area contributed by atoms with E-state index in [4.69, 9.17) is 4.42 Å². The molecule has 1 heteroatoms. The lowest BCUT2D eigenvalue weighted by molar-refractivity contribution is 0.455. The van der Waals surface area contributed by atoms with E-state index in [1.807, 2.05) is 0 Å². The van der Waals surface area contributed by atoms with Gasteiger partial charge >= 0.3 is 0 Å². The van der Waals surface area contributed by atoms with Crippen molar-refractivity contribution in [3.8, 4) is 0 Å². The highest BCUT2D eigenvalue weighted by molar-refractivity contribution is 5.20. The molecule has 0 saturated heterocycles. The molecule has 1 aliphatic heterocycles. The van der Waals surface area contributed by atoms with Crippen molar-refractivity contribution in [1.82, 2.24) is 0 Å². The topological polar surface area (TPSA) is 13.1 Å². The molecule has 0 aromatic carbocycles. The molecule has 1 aliphatic rings. The molecule has 0 N–H and O–H groups in total. The van der Waals surface area contributed by atoms with Crippen molar-refractivity contribution in [1.29, 1.82) is 0 Å². The molecule has 14 heavy (non-hydrogen) atoms. The standard InChI is InChI=1S/C13H18O/c1-11-10-12-8-6-4-2-3-5-7-9-13(11)14-12/h2-3,10H,4-9H2,1H3/b3-2-. The van der Waals surface area contributed by atoms with Gasteiger partial charge in [-0.05, 0) is 44.2 Å². The number of furan rings is 1. The Morgan fingerprint density at radius 1 is 1.07 bits per heavy atom. The highest BCUT2D eigenvalue weighted by atomic mass is 16.3. The Bertz CT molecular complexity index is 320. The van der Waals surface area contributed by atoms with Crippen LogP contribution < -0.4 is 0 Å². The maximum Gasteiger partial charge on any atom is 0.107 e. The van der Waals surface area contributed by atoms with Crippen LogP contribution in [0.15, 0.2) is 22.6 Å². The summed E-state index contributed by atoms with van der Waals surface area (Å²) < 4.78 is 5.82. The number of aryl methyl sites for hydroxylation is 3. The van der Waals surface area contributed by atoms with Crippen LogP contribution >= 0.6 is 0 Å². The molecule has 0 saturated carbocycles. The van der Waals surface area contributed by atoms with E-state index in [0.717, 1.165) is 12.8 Å². The van der Waals surface area contributed by atoms with Gasteiger partial charge < -0.3 is 4.42 Å². The van der Waals surface area contributed by atoms with Crippen molar-refractivity contribution in [2.24, 2.45) is 0 Å². The fourth-order valence-corrected chi connectivity index (χ4v) is 1.97. The van der Waals surface area contributed by atoms with Gasteiger partial charge in [0.1, 0.15) is 11.5 Å². The summed E-state index contributed by atoms with van der Waals surface area (Å²) in [4.78, 5) is 0. The fraction of sp³-hybridized carbons (Fsp3) is 0.538. The molecule has 0 amide bonds. The highest BCUT2D eigenvalue weighted by Gasteiger charge is 2.07. The zero-order chi connectivity index (χ0) is 9.80. The van der Waals surface area contributed by atoms with Crippen LogP contribution in [0.3, 0.4) is 0 Å². The average Bonchev–Trinajstić information content (AvgIpc) is 2.49. The summed E-state index contributed by atoms with van der Waals surface area (Å²) in [6.45, 7) is 2.16. The van der Waals surface area contributed by atoms with Crippen LogP contribution in [0.4, 0.5) is 0 Å². The second-order valence-electron chi connectivity index (χ2n) is 4.07. The molecule has 2 bridgehead atoms. The highest BCUT2D eigenvalue weighted by Crippen LogP contribution is 2.19. The Kier molecular flexibility index (Phi) is 3.07. The van der Waals surface area contributed by atoms with Crippen LogP contribution in [0.2, 0.25) is 0 Å². The van der Waals surface area contributed by atoms with E-state index in [1.165, 1.54) is 42.8 Å². The van der Waals surface area contributed by atoms with Crippen LogP contribution in [0, 0.1) is 6.92 Å². The lowest BCUT2D eigenvalue weighted by Crippen LogP contribution is -1.83. The predicted octanol–water partition coefficient (Wildman–Crippen LogP) is 3.80. The molecular formula is C13H18O. The Labute approximate surface area is 85.8 Å². The number of rotatable bonds is 0. The third-order valence-electron chi connectivity index (χ3n) is 2.81. The Hall–Kier alpha value is -0.980. The Morgan fingerprint density at radius 3 is 2.57 bits per heavy atom. The lowest BCUT2D eigenvalue weighted by atomic mass is 10.1. The third kappa shape index (κ3) is 2.28. The molecule has 2 heterocycles. The maximum atomic E-state index is 5.82. The van der Waals surface area contributed by atoms with Crippen molar-refractivity contribution in [2.45, 2.75) is 45.4 Å². The van der Waals surface area contributed by atoms with E-state index in [-0.39, 0.29) is 0 Å². The first kappa shape index (κ1) is 9.57. The second-order valence-corrected chi connectivity index (χ2v) is 4.07. The van der Waals surface area contributed by atoms with E-state index < -0.39 is 0 Å². The minimum atomic E-state index is 1.09. The minimum absolute atomic E-state index is 1.09. The Balaban J connectivity index is 2.13. The first-order valence-corrected chi connectivity index (χ1v) is 5.59. The third-order valence-corrected chi connectivity index (χ3v) is 2.81. The number of allylic oxidation sites excluding steroid dienone is 2. The summed E-state index contributed by atoms with van der Waals surface area (Å²) in [7, 11) is 0. The molecule has 0 radical (unpaired) electrons. The molecular weight excluding hydrogens is 172 g/mol. The summed E-state index contributed by atoms with van der Waals surface area (Å²) in [5.41, 5.74) is 1.34. The second kappa shape index (κ2) is 4.50. The molecule has 0 aliphatic carbocycles. The van der Waals surface area contributed by atoms with Gasteiger partial charge in [0.25, 0.3) is 0 Å². The van der Waals surface area contributed by atoms with Gasteiger partial charge in [-0.25, -0.2) is 0 Å². The molecule has 1 aromatic rings. The smallest absolute Gasteiger partial charge is 0.107 e. The van der Waals surface area contributed by atoms with Crippen LogP contribution in [0.5, 0.6) is 0 Å². The predicted molar refractivity (Wildman–Crippen MR) is 58.5 cm³/mol. The first-order chi connectivity index (χ1) is 6.86. The van der Waals surface area contributed by atoms with Gasteiger partial charge in [-0.2, -0.15) is 0 Å². The first-order valence-electron chi connectivity index (χ1n) is 5.59. The van der Waals surface area contributed by atoms with Crippen molar-refractivity contribution in [3.05, 3.63) is 35.3 Å². The lowest BCUT2D eigenvalue weighted by Gasteiger charge is -1.95. The average molecular weight is 190 g/mol. The minimum Gasteiger partial charge on any atom is -0.466 e. The van der Waals surface area contributed by atoms with Gasteiger partial charge in [-0.15, -0.1) is 0 Å². The van der Waals surface area contributed by atoms with E-state index in [9.17, 15) is 0 Å². The van der Waals surface area contributed by atoms with Gasteiger partial charge in [-0.1, -0.05) is 12.2 Å². The van der Waals surface area contributed by atoms with Crippen LogP contribution in [0.25, 0.3) is 0 Å². The van der Waals surface area contributed by atoms with Crippen molar-refractivity contribution >= 4 is 0 Å². The van der Waals surface area contributed by atoms with E-state index >= 15 is 0 Å².